The number of rotatable bonds is 10. The molecule has 13 fully saturated rings. The third-order valence-electron chi connectivity index (χ3n) is 29.6. The minimum absolute atomic E-state index is 0.00516. The van der Waals surface area contributed by atoms with Crippen LogP contribution < -0.4 is 0 Å². The van der Waals surface area contributed by atoms with E-state index in [2.05, 4.69) is 101 Å². The molecular weight excluding hydrogens is 1020 g/mol. The van der Waals surface area contributed by atoms with Crippen molar-refractivity contribution < 1.29 is 24.2 Å². The van der Waals surface area contributed by atoms with E-state index in [1.165, 1.54) is 159 Å². The SMILES string of the molecule is C=C(C)C1(C)CC(C)C2CCCC21.C=CC1(C)CC2CC1C1CCCC21.CC/C(C)=C\C1(C)CC2(OC=O)CC1C1CCCC12.CC1(C2=CCCCC2)CCC2C(O)CCC21.CCC(=O)OC1CC2C3CC(C2C1)C(C)(C1=C(C)CCC1)C3. The first-order valence-electron chi connectivity index (χ1n) is 35.9. The summed E-state index contributed by atoms with van der Waals surface area (Å²) >= 11 is 0. The second-order valence-electron chi connectivity index (χ2n) is 33.6. The first kappa shape index (κ1) is 62.2. The molecule has 0 radical (unpaired) electrons. The van der Waals surface area contributed by atoms with E-state index < -0.39 is 0 Å². The molecule has 0 aromatic rings. The Morgan fingerprint density at radius 3 is 2.04 bits per heavy atom. The molecule has 0 saturated heterocycles. The van der Waals surface area contributed by atoms with Gasteiger partial charge in [-0.2, -0.15) is 0 Å². The molecule has 15 aliphatic carbocycles. The molecule has 0 aromatic carbocycles. The fraction of sp³-hybridized carbons (Fsp3) is 0.846. The predicted octanol–water partition coefficient (Wildman–Crippen LogP) is 20.3. The van der Waals surface area contributed by atoms with Gasteiger partial charge in [0.25, 0.3) is 6.47 Å². The van der Waals surface area contributed by atoms with Crippen LogP contribution in [0.15, 0.2) is 59.3 Å². The smallest absolute Gasteiger partial charge is 0.305 e. The van der Waals surface area contributed by atoms with Gasteiger partial charge < -0.3 is 14.6 Å². The van der Waals surface area contributed by atoms with Gasteiger partial charge in [0.2, 0.25) is 0 Å². The van der Waals surface area contributed by atoms with Crippen molar-refractivity contribution in [1.82, 2.24) is 0 Å². The van der Waals surface area contributed by atoms with Crippen LogP contribution in [0.25, 0.3) is 0 Å². The third kappa shape index (κ3) is 11.0. The van der Waals surface area contributed by atoms with Crippen LogP contribution in [0.2, 0.25) is 0 Å². The van der Waals surface area contributed by atoms with E-state index in [0.29, 0.717) is 46.4 Å². The fourth-order valence-corrected chi connectivity index (χ4v) is 25.7. The van der Waals surface area contributed by atoms with Gasteiger partial charge >= 0.3 is 5.97 Å². The Bertz CT molecular complexity index is 2480. The Morgan fingerprint density at radius 1 is 0.651 bits per heavy atom. The summed E-state index contributed by atoms with van der Waals surface area (Å²) in [7, 11) is 0. The summed E-state index contributed by atoms with van der Waals surface area (Å²) < 4.78 is 11.4. The average molecular weight is 1140 g/mol. The number of aliphatic hydroxyl groups is 1. The molecule has 24 atom stereocenters. The van der Waals surface area contributed by atoms with Crippen molar-refractivity contribution in [3.05, 3.63) is 59.3 Å². The molecule has 6 bridgehead atoms. The lowest BCUT2D eigenvalue weighted by atomic mass is 9.62. The highest BCUT2D eigenvalue weighted by atomic mass is 16.5. The van der Waals surface area contributed by atoms with Crippen LogP contribution in [0.5, 0.6) is 0 Å². The van der Waals surface area contributed by atoms with Crippen LogP contribution in [0.3, 0.4) is 0 Å². The molecule has 83 heavy (non-hydrogen) atoms. The second-order valence-corrected chi connectivity index (χ2v) is 33.6. The molecule has 0 spiro atoms. The maximum absolute atomic E-state index is 11.6. The summed E-state index contributed by atoms with van der Waals surface area (Å²) in [5.41, 5.74) is 10.2. The zero-order chi connectivity index (χ0) is 59.0. The zero-order valence-electron chi connectivity index (χ0n) is 55.1. The molecule has 5 nitrogen and oxygen atoms in total. The number of esters is 1. The van der Waals surface area contributed by atoms with E-state index in [1.54, 1.807) is 17.6 Å². The Morgan fingerprint density at radius 2 is 1.35 bits per heavy atom. The molecule has 15 rings (SSSR count). The van der Waals surface area contributed by atoms with Gasteiger partial charge in [-0.25, -0.2) is 0 Å². The lowest BCUT2D eigenvalue weighted by Crippen LogP contribution is -2.42. The van der Waals surface area contributed by atoms with Gasteiger partial charge in [-0.05, 0) is 310 Å². The van der Waals surface area contributed by atoms with E-state index in [1.807, 2.05) is 12.5 Å². The summed E-state index contributed by atoms with van der Waals surface area (Å²) in [6, 6.07) is 0. The molecule has 0 heterocycles. The van der Waals surface area contributed by atoms with Gasteiger partial charge in [0.15, 0.2) is 0 Å². The van der Waals surface area contributed by atoms with E-state index in [0.717, 1.165) is 121 Å². The molecule has 15 aliphatic rings. The van der Waals surface area contributed by atoms with Crippen LogP contribution in [-0.2, 0) is 19.1 Å². The van der Waals surface area contributed by atoms with Crippen molar-refractivity contribution in [3.63, 3.8) is 0 Å². The predicted molar refractivity (Wildman–Crippen MR) is 342 cm³/mol. The van der Waals surface area contributed by atoms with Crippen molar-refractivity contribution in [2.24, 2.45) is 122 Å². The Labute approximate surface area is 508 Å². The highest BCUT2D eigenvalue weighted by Gasteiger charge is 2.68. The van der Waals surface area contributed by atoms with Crippen LogP contribution in [0.1, 0.15) is 275 Å². The topological polar surface area (TPSA) is 72.8 Å². The third-order valence-corrected chi connectivity index (χ3v) is 29.6. The first-order valence-corrected chi connectivity index (χ1v) is 35.9. The van der Waals surface area contributed by atoms with Gasteiger partial charge in [0.05, 0.1) is 6.10 Å². The molecule has 1 N–H and O–H groups in total. The summed E-state index contributed by atoms with van der Waals surface area (Å²) in [6.07, 6.45) is 48.0. The summed E-state index contributed by atoms with van der Waals surface area (Å²) in [4.78, 5) is 22.6. The van der Waals surface area contributed by atoms with E-state index in [-0.39, 0.29) is 29.2 Å². The molecule has 0 aromatic heterocycles. The lowest BCUT2D eigenvalue weighted by Gasteiger charge is -2.42. The summed E-state index contributed by atoms with van der Waals surface area (Å²) in [6.45, 7) is 34.7. The quantitative estimate of drug-likeness (QED) is 0.134. The van der Waals surface area contributed by atoms with Crippen molar-refractivity contribution >= 4 is 12.4 Å². The normalized spacial score (nSPS) is 49.4. The van der Waals surface area contributed by atoms with Crippen LogP contribution >= 0.6 is 0 Å². The average Bonchev–Trinajstić information content (AvgIpc) is 1.84. The Hall–Kier alpha value is -2.40. The maximum Gasteiger partial charge on any atom is 0.305 e. The minimum Gasteiger partial charge on any atom is -0.462 e. The van der Waals surface area contributed by atoms with Crippen molar-refractivity contribution in [2.45, 2.75) is 293 Å². The van der Waals surface area contributed by atoms with Crippen LogP contribution in [0, 0.1) is 122 Å². The Kier molecular flexibility index (Phi) is 18.1. The van der Waals surface area contributed by atoms with Crippen molar-refractivity contribution in [2.75, 3.05) is 0 Å². The molecule has 5 heteroatoms. The molecule has 13 saturated carbocycles. The highest BCUT2D eigenvalue weighted by molar-refractivity contribution is 5.69. The van der Waals surface area contributed by atoms with E-state index >= 15 is 0 Å². The van der Waals surface area contributed by atoms with Gasteiger partial charge in [0, 0.05) is 12.3 Å². The number of carbonyl (C=O) groups excluding carboxylic acids is 2. The van der Waals surface area contributed by atoms with Gasteiger partial charge in [-0.3, -0.25) is 9.59 Å². The number of carbonyl (C=O) groups is 2. The number of hydrogen-bond acceptors (Lipinski definition) is 5. The monoisotopic (exact) mass is 1140 g/mol. The largest absolute Gasteiger partial charge is 0.462 e. The van der Waals surface area contributed by atoms with Gasteiger partial charge in [-0.15, -0.1) is 6.58 Å². The van der Waals surface area contributed by atoms with Crippen LogP contribution in [-0.4, -0.2) is 35.4 Å². The maximum atomic E-state index is 11.6. The van der Waals surface area contributed by atoms with Gasteiger partial charge in [-0.1, -0.05) is 127 Å². The number of allylic oxidation sites excluding steroid dienone is 8. The van der Waals surface area contributed by atoms with Gasteiger partial charge in [0.1, 0.15) is 11.7 Å². The molecule has 0 aliphatic heterocycles. The molecule has 464 valence electrons. The number of hydrogen-bond donors (Lipinski definition) is 1. The molecule has 24 unspecified atom stereocenters. The minimum atomic E-state index is -0.132. The number of fused-ring (bicyclic) bond motifs is 17. The highest BCUT2D eigenvalue weighted by Crippen LogP contribution is 2.71. The summed E-state index contributed by atoms with van der Waals surface area (Å²) in [5.74, 6) is 14.2. The van der Waals surface area contributed by atoms with Crippen molar-refractivity contribution in [3.8, 4) is 0 Å². The van der Waals surface area contributed by atoms with E-state index in [4.69, 9.17) is 9.47 Å². The lowest BCUT2D eigenvalue weighted by molar-refractivity contribution is -0.150. The Balaban J connectivity index is 0.000000110. The molecule has 0 amide bonds. The summed E-state index contributed by atoms with van der Waals surface area (Å²) in [5, 5.41) is 10.0. The van der Waals surface area contributed by atoms with Crippen molar-refractivity contribution in [1.29, 1.82) is 0 Å². The number of ether oxygens (including phenoxy) is 2. The fourth-order valence-electron chi connectivity index (χ4n) is 25.7. The van der Waals surface area contributed by atoms with Crippen LogP contribution in [0.4, 0.5) is 0 Å². The standard InChI is InChI=1S/C20H30O2.C17H26O2.C15H24O.C13H20.C13H22/c1-4-19(21)22-14-9-15-13-8-18(16(15)10-14)20(3,11-13)17-7-5-6-12(17)2;1-4-12(2)8-16(3)10-17(19-11-18)9-15(16)13-6-5-7-14(13)17;1-15(11-5-3-2-4-6-11)10-9-12-13(15)7-8-14(12)16;1-3-13(2)8-9-7-12(13)11-6-4-5-10(9)11;1-9(2)13(4)8-10(3)11-6-5-7-12(11)13/h13-16,18H,4-11H2,1-3H3;8,11,13-15H,4-7,9-10H2,1-3H3;5,12-14,16H,2-4,6-10H2,1H3;3,9-12H,1,4-8H2,2H3;10-12H,1,5-8H2,2-4H3/b;12-8-;;;. The van der Waals surface area contributed by atoms with E-state index in [9.17, 15) is 14.7 Å². The second kappa shape index (κ2) is 24.2. The number of aliphatic hydroxyl groups excluding tert-OH is 1. The molecular formula is C78H122O5. The zero-order valence-corrected chi connectivity index (χ0v) is 55.1. The first-order chi connectivity index (χ1) is 39.6.